The lowest BCUT2D eigenvalue weighted by Crippen LogP contribution is -2.36. The van der Waals surface area contributed by atoms with E-state index in [1.807, 2.05) is 20.8 Å². The number of hydroxylamine groups is 2. The van der Waals surface area contributed by atoms with Crippen LogP contribution in [-0.2, 0) is 9.63 Å². The van der Waals surface area contributed by atoms with E-state index in [9.17, 15) is 4.79 Å². The topological polar surface area (TPSA) is 49.8 Å². The third kappa shape index (κ3) is 2.69. The van der Waals surface area contributed by atoms with E-state index in [0.29, 0.717) is 13.0 Å². The monoisotopic (exact) mass is 201 g/mol. The van der Waals surface area contributed by atoms with Crippen molar-refractivity contribution in [1.82, 2.24) is 5.06 Å². The highest BCUT2D eigenvalue weighted by Crippen LogP contribution is 2.23. The third-order valence-electron chi connectivity index (χ3n) is 2.41. The highest BCUT2D eigenvalue weighted by molar-refractivity contribution is 5.77. The largest absolute Gasteiger partial charge is 0.396 e. The second-order valence-corrected chi connectivity index (χ2v) is 4.59. The van der Waals surface area contributed by atoms with Gasteiger partial charge in [0.25, 0.3) is 0 Å². The number of nitrogens with zero attached hydrogens (tertiary/aromatic N) is 1. The molecule has 1 fully saturated rings. The minimum atomic E-state index is -0.293. The molecule has 0 aromatic rings. The maximum atomic E-state index is 11.5. The Morgan fingerprint density at radius 2 is 2.29 bits per heavy atom. The average Bonchev–Trinajstić information content (AvgIpc) is 2.47. The van der Waals surface area contributed by atoms with Gasteiger partial charge in [0.1, 0.15) is 0 Å². The molecule has 1 amide bonds. The summed E-state index contributed by atoms with van der Waals surface area (Å²) in [6.45, 7) is 6.32. The smallest absolute Gasteiger partial charge is 0.248 e. The summed E-state index contributed by atoms with van der Waals surface area (Å²) in [6, 6.07) is 0. The fourth-order valence-corrected chi connectivity index (χ4v) is 1.36. The van der Waals surface area contributed by atoms with E-state index in [2.05, 4.69) is 0 Å². The number of rotatable bonds is 4. The van der Waals surface area contributed by atoms with Crippen molar-refractivity contribution < 1.29 is 14.7 Å². The molecule has 0 saturated carbocycles. The highest BCUT2D eigenvalue weighted by Gasteiger charge is 2.33. The van der Waals surface area contributed by atoms with Gasteiger partial charge < -0.3 is 5.11 Å². The van der Waals surface area contributed by atoms with Gasteiger partial charge >= 0.3 is 0 Å². The molecular formula is C10H19NO3. The number of amides is 1. The Bertz CT molecular complexity index is 215. The average molecular weight is 201 g/mol. The van der Waals surface area contributed by atoms with Crippen molar-refractivity contribution in [3.8, 4) is 0 Å². The molecule has 0 spiro atoms. The van der Waals surface area contributed by atoms with E-state index in [1.54, 1.807) is 0 Å². The van der Waals surface area contributed by atoms with Crippen molar-refractivity contribution >= 4 is 5.91 Å². The Morgan fingerprint density at radius 3 is 2.71 bits per heavy atom. The Kier molecular flexibility index (Phi) is 3.50. The molecule has 0 aromatic carbocycles. The van der Waals surface area contributed by atoms with Crippen molar-refractivity contribution in [3.05, 3.63) is 0 Å². The summed E-state index contributed by atoms with van der Waals surface area (Å²) < 4.78 is 0. The van der Waals surface area contributed by atoms with Gasteiger partial charge in [-0.05, 0) is 6.42 Å². The summed E-state index contributed by atoms with van der Waals surface area (Å²) >= 11 is 0. The van der Waals surface area contributed by atoms with E-state index in [0.717, 1.165) is 6.42 Å². The second-order valence-electron chi connectivity index (χ2n) is 4.59. The van der Waals surface area contributed by atoms with Gasteiger partial charge in [-0.2, -0.15) is 0 Å². The maximum absolute atomic E-state index is 11.5. The minimum absolute atomic E-state index is 0.0250. The number of aliphatic hydroxyl groups excluding tert-OH is 1. The number of hydrogen-bond donors (Lipinski definition) is 1. The molecule has 1 aliphatic heterocycles. The first-order valence-corrected chi connectivity index (χ1v) is 5.06. The summed E-state index contributed by atoms with van der Waals surface area (Å²) in [4.78, 5) is 16.9. The molecule has 1 rings (SSSR count). The van der Waals surface area contributed by atoms with Crippen molar-refractivity contribution in [1.29, 1.82) is 0 Å². The summed E-state index contributed by atoms with van der Waals surface area (Å²) in [5, 5.41) is 10.5. The summed E-state index contributed by atoms with van der Waals surface area (Å²) in [6.07, 6.45) is 1.34. The molecule has 1 N–H and O–H groups in total. The van der Waals surface area contributed by atoms with Gasteiger partial charge in [0.2, 0.25) is 5.91 Å². The molecule has 14 heavy (non-hydrogen) atoms. The number of carbonyl (C=O) groups excluding carboxylic acids is 1. The van der Waals surface area contributed by atoms with Crippen molar-refractivity contribution in [2.24, 2.45) is 5.41 Å². The van der Waals surface area contributed by atoms with Crippen molar-refractivity contribution in [2.75, 3.05) is 13.2 Å². The predicted molar refractivity (Wildman–Crippen MR) is 52.4 cm³/mol. The van der Waals surface area contributed by atoms with Crippen LogP contribution in [0.2, 0.25) is 0 Å². The van der Waals surface area contributed by atoms with Crippen LogP contribution in [0.4, 0.5) is 0 Å². The zero-order valence-electron chi connectivity index (χ0n) is 9.12. The van der Waals surface area contributed by atoms with E-state index in [-0.39, 0.29) is 24.0 Å². The number of aliphatic hydroxyl groups is 1. The Morgan fingerprint density at radius 1 is 1.64 bits per heavy atom. The van der Waals surface area contributed by atoms with Crippen molar-refractivity contribution in [3.63, 3.8) is 0 Å². The van der Waals surface area contributed by atoms with Crippen LogP contribution in [0, 0.1) is 5.41 Å². The van der Waals surface area contributed by atoms with Gasteiger partial charge in [0, 0.05) is 12.0 Å². The normalized spacial score (nSPS) is 23.3. The molecule has 1 atom stereocenters. The molecule has 4 heteroatoms. The van der Waals surface area contributed by atoms with Gasteiger partial charge in [0.05, 0.1) is 19.1 Å². The van der Waals surface area contributed by atoms with Gasteiger partial charge in [0.15, 0.2) is 0 Å². The maximum Gasteiger partial charge on any atom is 0.248 e. The lowest BCUT2D eigenvalue weighted by atomic mass is 9.95. The lowest BCUT2D eigenvalue weighted by Gasteiger charge is -2.27. The quantitative estimate of drug-likeness (QED) is 0.736. The molecule has 82 valence electrons. The molecule has 0 radical (unpaired) electrons. The van der Waals surface area contributed by atoms with Crippen LogP contribution in [-0.4, -0.2) is 35.3 Å². The molecule has 4 nitrogen and oxygen atoms in total. The second kappa shape index (κ2) is 4.28. The molecule has 0 bridgehead atoms. The van der Waals surface area contributed by atoms with Crippen LogP contribution in [0.25, 0.3) is 0 Å². The van der Waals surface area contributed by atoms with Gasteiger partial charge in [-0.15, -0.1) is 0 Å². The van der Waals surface area contributed by atoms with E-state index in [1.165, 1.54) is 5.06 Å². The van der Waals surface area contributed by atoms with Crippen molar-refractivity contribution in [2.45, 2.75) is 39.7 Å². The van der Waals surface area contributed by atoms with Gasteiger partial charge in [-0.25, -0.2) is 5.06 Å². The first kappa shape index (κ1) is 11.5. The van der Waals surface area contributed by atoms with Crippen LogP contribution in [0.15, 0.2) is 0 Å². The zero-order chi connectivity index (χ0) is 10.8. The number of hydrogen-bond acceptors (Lipinski definition) is 3. The van der Waals surface area contributed by atoms with E-state index < -0.39 is 0 Å². The summed E-state index contributed by atoms with van der Waals surface area (Å²) in [5.74, 6) is 0.0263. The molecule has 1 heterocycles. The minimum Gasteiger partial charge on any atom is -0.396 e. The molecular weight excluding hydrogens is 182 g/mol. The molecule has 1 aliphatic rings. The van der Waals surface area contributed by atoms with E-state index >= 15 is 0 Å². The van der Waals surface area contributed by atoms with Gasteiger partial charge in [-0.3, -0.25) is 9.63 Å². The number of carbonyl (C=O) groups is 1. The Labute approximate surface area is 84.8 Å². The summed E-state index contributed by atoms with van der Waals surface area (Å²) in [5.41, 5.74) is -0.293. The molecule has 1 saturated heterocycles. The first-order chi connectivity index (χ1) is 6.48. The fourth-order valence-electron chi connectivity index (χ4n) is 1.36. The van der Waals surface area contributed by atoms with Crippen LogP contribution in [0.3, 0.4) is 0 Å². The van der Waals surface area contributed by atoms with Crippen LogP contribution in [0.1, 0.15) is 33.6 Å². The lowest BCUT2D eigenvalue weighted by molar-refractivity contribution is -0.182. The molecule has 1 unspecified atom stereocenters. The SMILES string of the molecule is CCC1CC(=O)N(CC(C)(C)CO)O1. The third-order valence-corrected chi connectivity index (χ3v) is 2.41. The van der Waals surface area contributed by atoms with Gasteiger partial charge in [-0.1, -0.05) is 20.8 Å². The predicted octanol–water partition coefficient (Wildman–Crippen LogP) is 0.947. The fraction of sp³-hybridized carbons (Fsp3) is 0.900. The summed E-state index contributed by atoms with van der Waals surface area (Å²) in [7, 11) is 0. The Hall–Kier alpha value is -0.610. The van der Waals surface area contributed by atoms with E-state index in [4.69, 9.17) is 9.94 Å². The van der Waals surface area contributed by atoms with Crippen LogP contribution < -0.4 is 0 Å². The Balaban J connectivity index is 2.50. The van der Waals surface area contributed by atoms with Crippen LogP contribution >= 0.6 is 0 Å². The molecule has 0 aromatic heterocycles. The highest BCUT2D eigenvalue weighted by atomic mass is 16.7. The van der Waals surface area contributed by atoms with Crippen LogP contribution in [0.5, 0.6) is 0 Å². The zero-order valence-corrected chi connectivity index (χ0v) is 9.12. The first-order valence-electron chi connectivity index (χ1n) is 5.06. The molecule has 0 aliphatic carbocycles. The standard InChI is InChI=1S/C10H19NO3/c1-4-8-5-9(13)11(14-8)6-10(2,3)7-12/h8,12H,4-7H2,1-3H3.